The average molecular weight is 377 g/mol. The Balaban J connectivity index is 1.62. The van der Waals surface area contributed by atoms with Crippen LogP contribution in [-0.2, 0) is 0 Å². The van der Waals surface area contributed by atoms with Crippen LogP contribution in [0.1, 0.15) is 12.5 Å². The van der Waals surface area contributed by atoms with Crippen molar-refractivity contribution in [2.75, 3.05) is 25.0 Å². The van der Waals surface area contributed by atoms with Crippen LogP contribution in [0.5, 0.6) is 11.5 Å². The van der Waals surface area contributed by atoms with Gasteiger partial charge >= 0.3 is 0 Å². The van der Waals surface area contributed by atoms with Crippen molar-refractivity contribution in [3.63, 3.8) is 0 Å². The van der Waals surface area contributed by atoms with Crippen LogP contribution < -0.4 is 14.8 Å². The minimum atomic E-state index is -0.0730. The second-order valence-electron chi connectivity index (χ2n) is 5.93. The maximum Gasteiger partial charge on any atom is 0.173 e. The second-order valence-corrected chi connectivity index (χ2v) is 6.72. The summed E-state index contributed by atoms with van der Waals surface area (Å²) in [6.45, 7) is 5.96. The Labute approximate surface area is 158 Å². The average Bonchev–Trinajstić information content (AvgIpc) is 2.62. The lowest BCUT2D eigenvalue weighted by atomic mass is 10.2. The highest BCUT2D eigenvalue weighted by Gasteiger charge is 2.23. The first-order valence-electron chi connectivity index (χ1n) is 8.27. The summed E-state index contributed by atoms with van der Waals surface area (Å²) in [7, 11) is 0. The minimum Gasteiger partial charge on any atom is -0.486 e. The number of halogens is 1. The van der Waals surface area contributed by atoms with Gasteiger partial charge in [0, 0.05) is 17.3 Å². The standard InChI is InChI=1S/C19H21ClN2O2S/c1-3-22(19(25)21-14-9-8-13(2)16(20)10-14)11-15-12-23-17-6-4-5-7-18(17)24-15/h4-10,15H,3,11-12H2,1-2H3,(H,21,25)/t15-/m1/s1. The first-order valence-corrected chi connectivity index (χ1v) is 9.06. The molecule has 132 valence electrons. The molecule has 1 N–H and O–H groups in total. The maximum absolute atomic E-state index is 6.18. The highest BCUT2D eigenvalue weighted by Crippen LogP contribution is 2.31. The molecule has 1 atom stereocenters. The fourth-order valence-corrected chi connectivity index (χ4v) is 3.13. The SMILES string of the molecule is CCN(C[C@@H]1COc2ccccc2O1)C(=S)Nc1ccc(C)c(Cl)c1. The number of rotatable bonds is 4. The number of fused-ring (bicyclic) bond motifs is 1. The van der Waals surface area contributed by atoms with E-state index in [9.17, 15) is 0 Å². The lowest BCUT2D eigenvalue weighted by molar-refractivity contribution is 0.0754. The molecule has 6 heteroatoms. The molecule has 0 unspecified atom stereocenters. The molecule has 2 aromatic rings. The van der Waals surface area contributed by atoms with E-state index in [-0.39, 0.29) is 6.10 Å². The quantitative estimate of drug-likeness (QED) is 0.794. The van der Waals surface area contributed by atoms with Gasteiger partial charge in [0.05, 0.1) is 6.54 Å². The van der Waals surface area contributed by atoms with Crippen LogP contribution >= 0.6 is 23.8 Å². The van der Waals surface area contributed by atoms with Crippen molar-refractivity contribution in [1.29, 1.82) is 0 Å². The Morgan fingerprint density at radius 1 is 1.28 bits per heavy atom. The summed E-state index contributed by atoms with van der Waals surface area (Å²) in [6.07, 6.45) is -0.0730. The number of hydrogen-bond donors (Lipinski definition) is 1. The molecule has 4 nitrogen and oxygen atoms in total. The van der Waals surface area contributed by atoms with Gasteiger partial charge in [0.1, 0.15) is 6.61 Å². The van der Waals surface area contributed by atoms with Crippen LogP contribution in [0, 0.1) is 6.92 Å². The summed E-state index contributed by atoms with van der Waals surface area (Å²) in [4.78, 5) is 2.06. The van der Waals surface area contributed by atoms with Gasteiger partial charge in [0.25, 0.3) is 0 Å². The van der Waals surface area contributed by atoms with Gasteiger partial charge < -0.3 is 19.7 Å². The molecule has 0 aromatic heterocycles. The first-order chi connectivity index (χ1) is 12.1. The van der Waals surface area contributed by atoms with Gasteiger partial charge in [-0.15, -0.1) is 0 Å². The number of thiocarbonyl (C=S) groups is 1. The maximum atomic E-state index is 6.18. The topological polar surface area (TPSA) is 33.7 Å². The summed E-state index contributed by atoms with van der Waals surface area (Å²) in [5, 5.41) is 4.61. The molecule has 3 rings (SSSR count). The zero-order valence-corrected chi connectivity index (χ0v) is 15.9. The Morgan fingerprint density at radius 2 is 2.04 bits per heavy atom. The van der Waals surface area contributed by atoms with Crippen LogP contribution in [0.3, 0.4) is 0 Å². The van der Waals surface area contributed by atoms with Gasteiger partial charge in [-0.2, -0.15) is 0 Å². The molecule has 0 saturated heterocycles. The minimum absolute atomic E-state index is 0.0730. The molecule has 1 aliphatic rings. The summed E-state index contributed by atoms with van der Waals surface area (Å²) in [6, 6.07) is 13.5. The molecule has 0 fully saturated rings. The van der Waals surface area contributed by atoms with Crippen molar-refractivity contribution in [3.05, 3.63) is 53.1 Å². The van der Waals surface area contributed by atoms with E-state index in [0.29, 0.717) is 18.3 Å². The van der Waals surface area contributed by atoms with Crippen molar-refractivity contribution in [2.45, 2.75) is 20.0 Å². The monoisotopic (exact) mass is 376 g/mol. The van der Waals surface area contributed by atoms with Crippen LogP contribution in [0.15, 0.2) is 42.5 Å². The van der Waals surface area contributed by atoms with Gasteiger partial charge in [-0.05, 0) is 55.9 Å². The van der Waals surface area contributed by atoms with Gasteiger partial charge in [-0.25, -0.2) is 0 Å². The number of benzene rings is 2. The van der Waals surface area contributed by atoms with Crippen LogP contribution in [0.4, 0.5) is 5.69 Å². The van der Waals surface area contributed by atoms with E-state index in [0.717, 1.165) is 34.3 Å². The largest absolute Gasteiger partial charge is 0.486 e. The fraction of sp³-hybridized carbons (Fsp3) is 0.316. The van der Waals surface area contributed by atoms with Crippen LogP contribution in [0.25, 0.3) is 0 Å². The smallest absolute Gasteiger partial charge is 0.173 e. The molecule has 2 aromatic carbocycles. The zero-order valence-electron chi connectivity index (χ0n) is 14.3. The lowest BCUT2D eigenvalue weighted by Crippen LogP contribution is -2.45. The number of ether oxygens (including phenoxy) is 2. The van der Waals surface area contributed by atoms with Crippen molar-refractivity contribution in [2.24, 2.45) is 0 Å². The van der Waals surface area contributed by atoms with Gasteiger partial charge in [-0.1, -0.05) is 29.8 Å². The molecular weight excluding hydrogens is 356 g/mol. The third kappa shape index (κ3) is 4.35. The van der Waals surface area contributed by atoms with Crippen LogP contribution in [-0.4, -0.2) is 35.8 Å². The van der Waals surface area contributed by atoms with E-state index >= 15 is 0 Å². The molecule has 0 spiro atoms. The zero-order chi connectivity index (χ0) is 17.8. The molecule has 0 radical (unpaired) electrons. The van der Waals surface area contributed by atoms with Crippen molar-refractivity contribution < 1.29 is 9.47 Å². The van der Waals surface area contributed by atoms with Gasteiger partial charge in [-0.3, -0.25) is 0 Å². The normalized spacial score (nSPS) is 15.6. The number of para-hydroxylation sites is 2. The predicted molar refractivity (Wildman–Crippen MR) is 106 cm³/mol. The number of hydrogen-bond acceptors (Lipinski definition) is 3. The van der Waals surface area contributed by atoms with E-state index in [1.165, 1.54) is 0 Å². The van der Waals surface area contributed by atoms with E-state index in [1.54, 1.807) is 0 Å². The first kappa shape index (κ1) is 17.8. The Kier molecular flexibility index (Phi) is 5.66. The molecule has 0 aliphatic carbocycles. The van der Waals surface area contributed by atoms with E-state index in [1.807, 2.05) is 49.4 Å². The lowest BCUT2D eigenvalue weighted by Gasteiger charge is -2.32. The Morgan fingerprint density at radius 3 is 2.76 bits per heavy atom. The van der Waals surface area contributed by atoms with Crippen molar-refractivity contribution in [3.8, 4) is 11.5 Å². The van der Waals surface area contributed by atoms with Crippen molar-refractivity contribution >= 4 is 34.6 Å². The molecule has 1 aliphatic heterocycles. The summed E-state index contributed by atoms with van der Waals surface area (Å²) >= 11 is 11.7. The highest BCUT2D eigenvalue weighted by atomic mass is 35.5. The predicted octanol–water partition coefficient (Wildman–Crippen LogP) is 4.51. The fourth-order valence-electron chi connectivity index (χ4n) is 2.63. The number of aryl methyl sites for hydroxylation is 1. The summed E-state index contributed by atoms with van der Waals surface area (Å²) in [5.41, 5.74) is 1.92. The Hall–Kier alpha value is -1.98. The van der Waals surface area contributed by atoms with Gasteiger partial charge in [0.15, 0.2) is 22.7 Å². The molecule has 0 saturated carbocycles. The third-order valence-corrected chi connectivity index (χ3v) is 4.85. The summed E-state index contributed by atoms with van der Waals surface area (Å²) < 4.78 is 11.8. The van der Waals surface area contributed by atoms with Crippen LogP contribution in [0.2, 0.25) is 5.02 Å². The number of anilines is 1. The molecule has 25 heavy (non-hydrogen) atoms. The second kappa shape index (κ2) is 7.93. The van der Waals surface area contributed by atoms with Gasteiger partial charge in [0.2, 0.25) is 0 Å². The van der Waals surface area contributed by atoms with E-state index in [2.05, 4.69) is 17.1 Å². The number of likely N-dealkylation sites (N-methyl/N-ethyl adjacent to an activating group) is 1. The molecule has 1 heterocycles. The molecule has 0 bridgehead atoms. The van der Waals surface area contributed by atoms with Crippen molar-refractivity contribution in [1.82, 2.24) is 4.90 Å². The molecule has 0 amide bonds. The van der Waals surface area contributed by atoms with E-state index in [4.69, 9.17) is 33.3 Å². The highest BCUT2D eigenvalue weighted by molar-refractivity contribution is 7.80. The number of nitrogens with zero attached hydrogens (tertiary/aromatic N) is 1. The summed E-state index contributed by atoms with van der Waals surface area (Å²) in [5.74, 6) is 1.57. The number of nitrogens with one attached hydrogen (secondary N) is 1. The van der Waals surface area contributed by atoms with E-state index < -0.39 is 0 Å². The Bertz CT molecular complexity index is 769. The third-order valence-electron chi connectivity index (χ3n) is 4.08. The molecular formula is C19H21ClN2O2S.